The number of para-hydroxylation sites is 1. The lowest BCUT2D eigenvalue weighted by molar-refractivity contribution is 0.826. The number of H-pyrrole nitrogens is 2. The van der Waals surface area contributed by atoms with Gasteiger partial charge < -0.3 is 14.5 Å². The Kier molecular flexibility index (Phi) is 5.54. The van der Waals surface area contributed by atoms with Crippen molar-refractivity contribution in [3.63, 3.8) is 0 Å². The molecule has 1 atom stereocenters. The van der Waals surface area contributed by atoms with E-state index in [0.717, 1.165) is 34.1 Å². The van der Waals surface area contributed by atoms with Crippen molar-refractivity contribution < 1.29 is 0 Å². The number of rotatable bonds is 5. The van der Waals surface area contributed by atoms with Crippen LogP contribution in [-0.4, -0.2) is 43.5 Å². The minimum absolute atomic E-state index is 0.547. The second-order valence-corrected chi connectivity index (χ2v) is 14.0. The minimum Gasteiger partial charge on any atom is -0.363 e. The average Bonchev–Trinajstić information content (AvgIpc) is 4.06. The van der Waals surface area contributed by atoms with Crippen molar-refractivity contribution in [2.45, 2.75) is 5.41 Å². The van der Waals surface area contributed by atoms with Gasteiger partial charge in [-0.05, 0) is 94.0 Å². The predicted molar refractivity (Wildman–Crippen MR) is 218 cm³/mol. The third-order valence-electron chi connectivity index (χ3n) is 11.5. The molecular formula is C47H30N6+2. The van der Waals surface area contributed by atoms with Crippen LogP contribution in [0.5, 0.6) is 0 Å². The minimum atomic E-state index is -0.547. The average molecular weight is 679 g/mol. The maximum atomic E-state index is 4.96. The molecule has 0 spiro atoms. The standard InChI is InChI=1S/C47H29N6/c1-3-9-39-33(7-1)36-26-42-37(25-40(36)47(39,44-11-5-22-49-44)45-12-6-23-50-45)34-8-2-4-10-41(34)52(42)31-17-13-29(14-18-31)30-15-19-32(20-16-30)53-43-28-48-27-38(43)35-21-24-51-46(35)53/h1-28,49H/q+1/p+1. The Morgan fingerprint density at radius 2 is 1.36 bits per heavy atom. The Morgan fingerprint density at radius 1 is 0.566 bits per heavy atom. The van der Waals surface area contributed by atoms with Gasteiger partial charge in [-0.15, -0.1) is 0 Å². The molecule has 0 bridgehead atoms. The molecule has 5 aromatic carbocycles. The van der Waals surface area contributed by atoms with Crippen LogP contribution in [-0.2, 0) is 5.41 Å². The summed E-state index contributed by atoms with van der Waals surface area (Å²) in [5, 5.41) is 3.65. The topological polar surface area (TPSA) is 69.6 Å². The third-order valence-corrected chi connectivity index (χ3v) is 11.5. The van der Waals surface area contributed by atoms with Gasteiger partial charge in [-0.3, -0.25) is 4.57 Å². The van der Waals surface area contributed by atoms with Gasteiger partial charge in [-0.2, -0.15) is 0 Å². The maximum Gasteiger partial charge on any atom is 0.324 e. The fraction of sp³-hybridized carbons (Fsp3) is 0.0213. The van der Waals surface area contributed by atoms with Crippen LogP contribution in [0.15, 0.2) is 152 Å². The van der Waals surface area contributed by atoms with Crippen molar-refractivity contribution in [2.24, 2.45) is 0 Å². The van der Waals surface area contributed by atoms with Gasteiger partial charge in [0.15, 0.2) is 5.41 Å². The van der Waals surface area contributed by atoms with Crippen LogP contribution in [0, 0.1) is 0 Å². The Hall–Kier alpha value is -7.36. The van der Waals surface area contributed by atoms with Gasteiger partial charge in [0.25, 0.3) is 6.21 Å². The summed E-state index contributed by atoms with van der Waals surface area (Å²) in [6.07, 6.45) is 14.0. The molecule has 6 heteroatoms. The molecule has 53 heavy (non-hydrogen) atoms. The lowest BCUT2D eigenvalue weighted by atomic mass is 9.71. The van der Waals surface area contributed by atoms with Gasteiger partial charge in [0.05, 0.1) is 16.6 Å². The van der Waals surface area contributed by atoms with Crippen molar-refractivity contribution in [2.75, 3.05) is 0 Å². The van der Waals surface area contributed by atoms with E-state index in [1.54, 1.807) is 0 Å². The Balaban J connectivity index is 1.00. The molecule has 0 radical (unpaired) electrons. The summed E-state index contributed by atoms with van der Waals surface area (Å²) >= 11 is 0. The van der Waals surface area contributed by atoms with Crippen LogP contribution in [0.25, 0.3) is 66.5 Å². The number of hydrogen-bond donors (Lipinski definition) is 2. The molecule has 0 amide bonds. The van der Waals surface area contributed by atoms with Gasteiger partial charge in [0.1, 0.15) is 11.3 Å². The molecule has 1 unspecified atom stereocenters. The molecular weight excluding hydrogens is 649 g/mol. The summed E-state index contributed by atoms with van der Waals surface area (Å²) in [6.45, 7) is 0. The number of allylic oxidation sites excluding steroid dienone is 2. The highest BCUT2D eigenvalue weighted by Crippen LogP contribution is 2.54. The van der Waals surface area contributed by atoms with Crippen LogP contribution < -0.4 is 9.34 Å². The highest BCUT2D eigenvalue weighted by molar-refractivity contribution is 6.19. The first-order valence-electron chi connectivity index (χ1n) is 18.0. The summed E-state index contributed by atoms with van der Waals surface area (Å²) in [6, 6.07) is 46.6. The number of fused-ring (bicyclic) bond motifs is 9. The molecule has 2 aliphatic heterocycles. The van der Waals surface area contributed by atoms with E-state index in [9.17, 15) is 0 Å². The first kappa shape index (κ1) is 28.3. The molecule has 6 heterocycles. The molecule has 12 rings (SSSR count). The summed E-state index contributed by atoms with van der Waals surface area (Å²) in [5.74, 6) is 0. The maximum absolute atomic E-state index is 4.96. The highest BCUT2D eigenvalue weighted by Gasteiger charge is 2.54. The number of benzene rings is 5. The van der Waals surface area contributed by atoms with E-state index in [1.807, 2.05) is 37.1 Å². The fourth-order valence-corrected chi connectivity index (χ4v) is 9.27. The van der Waals surface area contributed by atoms with Crippen LogP contribution in [0.2, 0.25) is 0 Å². The van der Waals surface area contributed by atoms with E-state index >= 15 is 0 Å². The van der Waals surface area contributed by atoms with Gasteiger partial charge in [-0.25, -0.2) is 0 Å². The lowest BCUT2D eigenvalue weighted by Gasteiger charge is -2.25. The van der Waals surface area contributed by atoms with E-state index in [1.165, 1.54) is 66.1 Å². The first-order chi connectivity index (χ1) is 26.3. The second-order valence-electron chi connectivity index (χ2n) is 14.0. The smallest absolute Gasteiger partial charge is 0.324 e. The van der Waals surface area contributed by atoms with Crippen molar-refractivity contribution in [1.29, 1.82) is 0 Å². The molecule has 1 aliphatic carbocycles. The predicted octanol–water partition coefficient (Wildman–Crippen LogP) is 8.43. The molecule has 246 valence electrons. The molecule has 2 N–H and O–H groups in total. The van der Waals surface area contributed by atoms with Crippen molar-refractivity contribution in [3.8, 4) is 33.6 Å². The Bertz CT molecular complexity index is 3170. The number of aromatic amines is 2. The van der Waals surface area contributed by atoms with Gasteiger partial charge >= 0.3 is 18.1 Å². The normalized spacial score (nSPS) is 16.3. The SMILES string of the molecule is C1=CC(C2(c3ccc[nH]3)c3ccccc3-c3cc4c(cc32)c2ccccc2n4-c2ccc(-c3ccc(-n4c5c(c6cc[nH]c64)C=[N+]=C5)cc3)cc2)=[N+]=C1. The molecule has 3 aliphatic rings. The molecule has 4 aromatic heterocycles. The van der Waals surface area contributed by atoms with Crippen molar-refractivity contribution >= 4 is 57.2 Å². The third kappa shape index (κ3) is 3.67. The lowest BCUT2D eigenvalue weighted by Crippen LogP contribution is -2.36. The number of hydrogen-bond acceptors (Lipinski definition) is 0. The fourth-order valence-electron chi connectivity index (χ4n) is 9.27. The van der Waals surface area contributed by atoms with Crippen molar-refractivity contribution in [1.82, 2.24) is 28.4 Å². The van der Waals surface area contributed by atoms with Gasteiger partial charge in [-0.1, -0.05) is 76.1 Å². The first-order valence-corrected chi connectivity index (χ1v) is 18.0. The second kappa shape index (κ2) is 10.3. The van der Waals surface area contributed by atoms with E-state index in [2.05, 4.69) is 157 Å². The van der Waals surface area contributed by atoms with Crippen LogP contribution >= 0.6 is 0 Å². The largest absolute Gasteiger partial charge is 0.363 e. The van der Waals surface area contributed by atoms with Gasteiger partial charge in [0, 0.05) is 57.8 Å². The monoisotopic (exact) mass is 678 g/mol. The van der Waals surface area contributed by atoms with E-state index < -0.39 is 5.41 Å². The van der Waals surface area contributed by atoms with Crippen molar-refractivity contribution in [3.05, 3.63) is 180 Å². The quantitative estimate of drug-likeness (QED) is 0.172. The molecule has 0 saturated heterocycles. The van der Waals surface area contributed by atoms with E-state index in [-0.39, 0.29) is 0 Å². The summed E-state index contributed by atoms with van der Waals surface area (Å²) in [5.41, 5.74) is 16.9. The van der Waals surface area contributed by atoms with Crippen LogP contribution in [0.3, 0.4) is 0 Å². The van der Waals surface area contributed by atoms with E-state index in [0.29, 0.717) is 0 Å². The van der Waals surface area contributed by atoms with Crippen LogP contribution in [0.4, 0.5) is 0 Å². The van der Waals surface area contributed by atoms with Crippen LogP contribution in [0.1, 0.15) is 28.1 Å². The Morgan fingerprint density at radius 3 is 2.15 bits per heavy atom. The summed E-state index contributed by atoms with van der Waals surface area (Å²) in [7, 11) is 0. The Labute approximate surface area is 303 Å². The molecule has 9 aromatic rings. The van der Waals surface area contributed by atoms with Gasteiger partial charge in [0.2, 0.25) is 0 Å². The zero-order valence-electron chi connectivity index (χ0n) is 28.5. The number of aromatic nitrogens is 4. The molecule has 6 nitrogen and oxygen atoms in total. The number of nitrogens with zero attached hydrogens (tertiary/aromatic N) is 4. The zero-order chi connectivity index (χ0) is 34.7. The summed E-state index contributed by atoms with van der Waals surface area (Å²) < 4.78 is 14.1. The zero-order valence-corrected chi connectivity index (χ0v) is 28.5. The molecule has 0 fully saturated rings. The van der Waals surface area contributed by atoms with E-state index in [4.69, 9.17) is 4.67 Å². The summed E-state index contributed by atoms with van der Waals surface area (Å²) in [4.78, 5) is 7.01. The highest BCUT2D eigenvalue weighted by atomic mass is 15.1. The molecule has 0 saturated carbocycles. The number of nitrogens with one attached hydrogen (secondary N) is 2.